The molecule has 2 heterocycles. The summed E-state index contributed by atoms with van der Waals surface area (Å²) in [4.78, 5) is 27.3. The zero-order valence-electron chi connectivity index (χ0n) is 25.4. The largest absolute Gasteiger partial charge is 0.490 e. The summed E-state index contributed by atoms with van der Waals surface area (Å²) in [7, 11) is 1.68. The molecule has 1 amide bonds. The maximum Gasteiger partial charge on any atom is 0.254 e. The fourth-order valence-corrected chi connectivity index (χ4v) is 6.32. The van der Waals surface area contributed by atoms with E-state index in [1.54, 1.807) is 53.1 Å². The first-order valence-electron chi connectivity index (χ1n) is 14.8. The van der Waals surface area contributed by atoms with Crippen LogP contribution in [0.5, 0.6) is 17.2 Å². The lowest BCUT2D eigenvalue weighted by Crippen LogP contribution is -2.44. The van der Waals surface area contributed by atoms with E-state index in [2.05, 4.69) is 11.8 Å². The van der Waals surface area contributed by atoms with E-state index >= 15 is 0 Å². The summed E-state index contributed by atoms with van der Waals surface area (Å²) < 4.78 is 28.5. The highest BCUT2D eigenvalue weighted by Gasteiger charge is 2.36. The molecule has 1 aliphatic heterocycles. The van der Waals surface area contributed by atoms with E-state index in [9.17, 15) is 19.1 Å². The Balaban J connectivity index is 1.50. The highest BCUT2D eigenvalue weighted by atomic mass is 19.1. The van der Waals surface area contributed by atoms with Crippen LogP contribution < -0.4 is 15.0 Å². The van der Waals surface area contributed by atoms with Crippen LogP contribution in [-0.4, -0.2) is 38.7 Å². The molecule has 1 unspecified atom stereocenters. The number of hydrogen-bond acceptors (Lipinski definition) is 5. The number of ether oxygens (including phenoxy) is 2. The molecular formula is C34H41FN2O5. The molecule has 2 fully saturated rings. The SMILES string of the molecule is Cc1cc(F)cc(C)c1Oc1ccc(C(C)(C)O)cc1-c1cn(C)c(=O)cc1OC1CCC(N2C(=O)CCC2C)CC1. The van der Waals surface area contributed by atoms with Crippen LogP contribution in [0.15, 0.2) is 47.4 Å². The minimum Gasteiger partial charge on any atom is -0.490 e. The van der Waals surface area contributed by atoms with Crippen LogP contribution in [0.25, 0.3) is 11.1 Å². The number of rotatable bonds is 7. The van der Waals surface area contributed by atoms with Crippen molar-refractivity contribution in [2.24, 2.45) is 7.05 Å². The molecule has 0 radical (unpaired) electrons. The van der Waals surface area contributed by atoms with E-state index in [0.29, 0.717) is 51.5 Å². The van der Waals surface area contributed by atoms with Crippen molar-refractivity contribution in [3.8, 4) is 28.4 Å². The Morgan fingerprint density at radius 1 is 0.929 bits per heavy atom. The second-order valence-electron chi connectivity index (χ2n) is 12.5. The van der Waals surface area contributed by atoms with E-state index in [4.69, 9.17) is 9.47 Å². The standard InChI is InChI=1S/C34H41FN2O5/c1-20-15-24(35)16-21(2)33(20)42-29-13-8-23(34(4,5)40)17-27(29)28-19-36(6)32(39)18-30(28)41-26-11-9-25(10-12-26)37-22(3)7-14-31(37)38/h8,13,15-19,22,25-26,40H,7,9-12,14H2,1-6H3. The number of pyridine rings is 1. The average Bonchev–Trinajstić information content (AvgIpc) is 3.25. The predicted molar refractivity (Wildman–Crippen MR) is 161 cm³/mol. The number of carbonyl (C=O) groups is 1. The number of aromatic nitrogens is 1. The molecule has 1 atom stereocenters. The third-order valence-electron chi connectivity index (χ3n) is 8.67. The predicted octanol–water partition coefficient (Wildman–Crippen LogP) is 6.53. The summed E-state index contributed by atoms with van der Waals surface area (Å²) in [6.45, 7) is 9.14. The van der Waals surface area contributed by atoms with Gasteiger partial charge in [-0.05, 0) is 108 Å². The first-order valence-corrected chi connectivity index (χ1v) is 14.8. The lowest BCUT2D eigenvalue weighted by Gasteiger charge is -2.37. The number of aryl methyl sites for hydroxylation is 3. The van der Waals surface area contributed by atoms with Crippen LogP contribution in [0.4, 0.5) is 4.39 Å². The molecule has 0 bridgehead atoms. The number of likely N-dealkylation sites (tertiary alicyclic amines) is 1. The molecule has 1 saturated heterocycles. The molecule has 5 rings (SSSR count). The van der Waals surface area contributed by atoms with Gasteiger partial charge >= 0.3 is 0 Å². The second-order valence-corrected chi connectivity index (χ2v) is 12.5. The van der Waals surface area contributed by atoms with E-state index in [0.717, 1.165) is 32.1 Å². The van der Waals surface area contributed by atoms with Gasteiger partial charge in [0.25, 0.3) is 5.56 Å². The normalized spacial score (nSPS) is 21.1. The van der Waals surface area contributed by atoms with Crippen molar-refractivity contribution in [3.05, 3.63) is 75.5 Å². The molecule has 0 spiro atoms. The highest BCUT2D eigenvalue weighted by molar-refractivity contribution is 5.79. The van der Waals surface area contributed by atoms with Crippen LogP contribution in [0.3, 0.4) is 0 Å². The molecule has 1 N–H and O–H groups in total. The van der Waals surface area contributed by atoms with Gasteiger partial charge in [0.05, 0.1) is 11.7 Å². The van der Waals surface area contributed by atoms with Gasteiger partial charge in [-0.1, -0.05) is 6.07 Å². The van der Waals surface area contributed by atoms with E-state index < -0.39 is 5.60 Å². The fourth-order valence-electron chi connectivity index (χ4n) is 6.32. The van der Waals surface area contributed by atoms with Gasteiger partial charge in [-0.15, -0.1) is 0 Å². The summed E-state index contributed by atoms with van der Waals surface area (Å²) in [5.74, 6) is 1.39. The Kier molecular flexibility index (Phi) is 8.21. The minimum absolute atomic E-state index is 0.108. The quantitative estimate of drug-likeness (QED) is 0.346. The van der Waals surface area contributed by atoms with Crippen LogP contribution in [0, 0.1) is 19.7 Å². The Bertz CT molecular complexity index is 1530. The molecule has 2 aliphatic rings. The molecule has 8 heteroatoms. The number of carbonyl (C=O) groups excluding carboxylic acids is 1. The molecule has 2 aromatic carbocycles. The molecule has 1 saturated carbocycles. The highest BCUT2D eigenvalue weighted by Crippen LogP contribution is 2.42. The number of amides is 1. The van der Waals surface area contributed by atoms with Crippen LogP contribution >= 0.6 is 0 Å². The van der Waals surface area contributed by atoms with Gasteiger partial charge in [-0.3, -0.25) is 9.59 Å². The Morgan fingerprint density at radius 3 is 2.19 bits per heavy atom. The Morgan fingerprint density at radius 2 is 1.60 bits per heavy atom. The van der Waals surface area contributed by atoms with E-state index in [1.165, 1.54) is 22.8 Å². The number of aliphatic hydroxyl groups is 1. The van der Waals surface area contributed by atoms with Crippen molar-refractivity contribution in [2.45, 2.75) is 96.9 Å². The first kappa shape index (κ1) is 29.8. The van der Waals surface area contributed by atoms with Gasteiger partial charge in [-0.25, -0.2) is 4.39 Å². The molecule has 3 aromatic rings. The van der Waals surface area contributed by atoms with Crippen LogP contribution in [-0.2, 0) is 17.4 Å². The fraction of sp³-hybridized carbons (Fsp3) is 0.471. The van der Waals surface area contributed by atoms with Crippen molar-refractivity contribution in [2.75, 3.05) is 0 Å². The second kappa shape index (κ2) is 11.6. The van der Waals surface area contributed by atoms with Crippen molar-refractivity contribution < 1.29 is 23.8 Å². The third-order valence-corrected chi connectivity index (χ3v) is 8.67. The van der Waals surface area contributed by atoms with E-state index in [1.807, 2.05) is 6.07 Å². The van der Waals surface area contributed by atoms with E-state index in [-0.39, 0.29) is 35.5 Å². The maximum atomic E-state index is 14.0. The van der Waals surface area contributed by atoms with Crippen LogP contribution in [0.1, 0.15) is 76.0 Å². The number of halogens is 1. The summed E-state index contributed by atoms with van der Waals surface area (Å²) >= 11 is 0. The Hall–Kier alpha value is -3.65. The molecule has 7 nitrogen and oxygen atoms in total. The molecule has 42 heavy (non-hydrogen) atoms. The minimum atomic E-state index is -1.13. The number of nitrogens with zero attached hydrogens (tertiary/aromatic N) is 2. The lowest BCUT2D eigenvalue weighted by molar-refractivity contribution is -0.132. The number of hydrogen-bond donors (Lipinski definition) is 1. The topological polar surface area (TPSA) is 81.0 Å². The zero-order valence-corrected chi connectivity index (χ0v) is 25.4. The Labute approximate surface area is 246 Å². The van der Waals surface area contributed by atoms with Crippen molar-refractivity contribution in [3.63, 3.8) is 0 Å². The molecule has 1 aliphatic carbocycles. The summed E-state index contributed by atoms with van der Waals surface area (Å²) in [5, 5.41) is 10.8. The molecule has 224 valence electrons. The molecular weight excluding hydrogens is 535 g/mol. The average molecular weight is 577 g/mol. The van der Waals surface area contributed by atoms with Gasteiger partial charge in [0, 0.05) is 48.9 Å². The van der Waals surface area contributed by atoms with Crippen LogP contribution in [0.2, 0.25) is 0 Å². The van der Waals surface area contributed by atoms with Gasteiger partial charge < -0.3 is 24.0 Å². The molecule has 1 aromatic heterocycles. The van der Waals surface area contributed by atoms with Crippen molar-refractivity contribution in [1.82, 2.24) is 9.47 Å². The zero-order chi connectivity index (χ0) is 30.3. The lowest BCUT2D eigenvalue weighted by atomic mass is 9.91. The summed E-state index contributed by atoms with van der Waals surface area (Å²) in [5.41, 5.74) is 1.95. The van der Waals surface area contributed by atoms with Crippen molar-refractivity contribution in [1.29, 1.82) is 0 Å². The maximum absolute atomic E-state index is 14.0. The van der Waals surface area contributed by atoms with Gasteiger partial charge in [0.1, 0.15) is 23.1 Å². The monoisotopic (exact) mass is 576 g/mol. The van der Waals surface area contributed by atoms with Crippen molar-refractivity contribution >= 4 is 5.91 Å². The third kappa shape index (κ3) is 6.09. The number of benzene rings is 2. The summed E-state index contributed by atoms with van der Waals surface area (Å²) in [6.07, 6.45) is 6.42. The van der Waals surface area contributed by atoms with Gasteiger partial charge in [-0.2, -0.15) is 0 Å². The first-order chi connectivity index (χ1) is 19.8. The van der Waals surface area contributed by atoms with Gasteiger partial charge in [0.15, 0.2) is 0 Å². The summed E-state index contributed by atoms with van der Waals surface area (Å²) in [6, 6.07) is 10.3. The smallest absolute Gasteiger partial charge is 0.254 e. The van der Waals surface area contributed by atoms with Gasteiger partial charge in [0.2, 0.25) is 5.91 Å².